The molecule has 2 heterocycles. The number of benzene rings is 4. The normalized spacial score (nSPS) is 14.6. The summed E-state index contributed by atoms with van der Waals surface area (Å²) in [6.45, 7) is 2.49. The molecule has 0 saturated carbocycles. The van der Waals surface area contributed by atoms with Gasteiger partial charge in [-0.05, 0) is 53.5 Å². The number of allylic oxidation sites excluding steroid dienone is 1. The van der Waals surface area contributed by atoms with E-state index in [1.54, 1.807) is 42.5 Å². The van der Waals surface area contributed by atoms with Crippen LogP contribution in [0.4, 0.5) is 9.52 Å². The van der Waals surface area contributed by atoms with Crippen LogP contribution in [0.25, 0.3) is 6.08 Å². The van der Waals surface area contributed by atoms with Crippen LogP contribution in [-0.2, 0) is 21.9 Å². The Kier molecular flexibility index (Phi) is 10.3. The van der Waals surface area contributed by atoms with Gasteiger partial charge in [-0.3, -0.25) is 14.5 Å². The van der Waals surface area contributed by atoms with E-state index in [0.717, 1.165) is 22.5 Å². The summed E-state index contributed by atoms with van der Waals surface area (Å²) >= 11 is 2.38. The van der Waals surface area contributed by atoms with E-state index in [2.05, 4.69) is 10.2 Å². The number of ether oxygens (including phenoxy) is 2. The number of halogens is 1. The van der Waals surface area contributed by atoms with E-state index in [-0.39, 0.29) is 16.5 Å². The van der Waals surface area contributed by atoms with Crippen molar-refractivity contribution < 1.29 is 28.6 Å². The molecule has 1 N–H and O–H groups in total. The van der Waals surface area contributed by atoms with Crippen molar-refractivity contribution in [2.75, 3.05) is 11.5 Å². The van der Waals surface area contributed by atoms with E-state index in [1.807, 2.05) is 67.6 Å². The van der Waals surface area contributed by atoms with Crippen molar-refractivity contribution in [2.45, 2.75) is 29.7 Å². The quantitative estimate of drug-likeness (QED) is 0.0757. The van der Waals surface area contributed by atoms with Crippen molar-refractivity contribution in [3.8, 4) is 11.5 Å². The molecule has 11 heteroatoms. The molecule has 0 spiro atoms. The van der Waals surface area contributed by atoms with Gasteiger partial charge in [0.15, 0.2) is 27.4 Å². The number of hydrogen-bond acceptors (Lipinski definition) is 9. The third-order valence-electron chi connectivity index (χ3n) is 7.43. The molecule has 1 amide bonds. The molecule has 0 radical (unpaired) electrons. The standard InChI is InChI=1S/C37H30FN3O5S2/c1-2-45-31-21-26(18-20-30(31)46-22-25-13-7-4-8-14-25)33-32(29(42)19-17-24-11-5-3-6-12-24)34(43)35(44)41(33)36-39-40-37(48-36)47-23-27-15-9-10-16-28(27)38/h3-21,33,43H,2,22-23H2,1H3/b19-17+. The van der Waals surface area contributed by atoms with E-state index in [1.165, 1.54) is 28.8 Å². The number of hydrogen-bond donors (Lipinski definition) is 1. The van der Waals surface area contributed by atoms with Crippen LogP contribution in [0.15, 0.2) is 125 Å². The van der Waals surface area contributed by atoms with Crippen LogP contribution < -0.4 is 14.4 Å². The Morgan fingerprint density at radius 2 is 1.69 bits per heavy atom. The Morgan fingerprint density at radius 1 is 0.958 bits per heavy atom. The molecule has 1 unspecified atom stereocenters. The molecule has 1 atom stereocenters. The highest BCUT2D eigenvalue weighted by atomic mass is 32.2. The lowest BCUT2D eigenvalue weighted by Gasteiger charge is -2.24. The highest BCUT2D eigenvalue weighted by molar-refractivity contribution is 8.00. The van der Waals surface area contributed by atoms with Gasteiger partial charge in [0.2, 0.25) is 5.13 Å². The number of ketones is 1. The molecule has 0 aliphatic carbocycles. The van der Waals surface area contributed by atoms with Crippen molar-refractivity contribution in [2.24, 2.45) is 0 Å². The number of anilines is 1. The topological polar surface area (TPSA) is 102 Å². The van der Waals surface area contributed by atoms with Gasteiger partial charge in [-0.2, -0.15) is 0 Å². The predicted octanol–water partition coefficient (Wildman–Crippen LogP) is 8.13. The second-order valence-corrected chi connectivity index (χ2v) is 12.8. The first kappa shape index (κ1) is 32.7. The van der Waals surface area contributed by atoms with Crippen LogP contribution >= 0.6 is 23.1 Å². The fourth-order valence-electron chi connectivity index (χ4n) is 5.13. The van der Waals surface area contributed by atoms with Crippen molar-refractivity contribution in [1.29, 1.82) is 0 Å². The highest BCUT2D eigenvalue weighted by Crippen LogP contribution is 2.45. The summed E-state index contributed by atoms with van der Waals surface area (Å²) in [5, 5.41) is 19.9. The third-order valence-corrected chi connectivity index (χ3v) is 9.54. The molecular formula is C37H30FN3O5S2. The van der Waals surface area contributed by atoms with Gasteiger partial charge in [0.25, 0.3) is 5.91 Å². The van der Waals surface area contributed by atoms with E-state index in [4.69, 9.17) is 9.47 Å². The Bertz CT molecular complexity index is 1980. The Balaban J connectivity index is 1.35. The van der Waals surface area contributed by atoms with E-state index in [0.29, 0.717) is 45.9 Å². The highest BCUT2D eigenvalue weighted by Gasteiger charge is 2.45. The number of carbonyl (C=O) groups excluding carboxylic acids is 2. The third kappa shape index (κ3) is 7.32. The average molecular weight is 680 g/mol. The van der Waals surface area contributed by atoms with Gasteiger partial charge in [-0.1, -0.05) is 114 Å². The summed E-state index contributed by atoms with van der Waals surface area (Å²) in [5.41, 5.74) is 2.65. The molecule has 6 rings (SSSR count). The molecule has 1 aliphatic heterocycles. The van der Waals surface area contributed by atoms with Crippen molar-refractivity contribution in [3.05, 3.63) is 149 Å². The molecule has 1 aromatic heterocycles. The number of aliphatic hydroxyl groups excluding tert-OH is 1. The number of nitrogens with zero attached hydrogens (tertiary/aromatic N) is 3. The molecule has 0 bridgehead atoms. The summed E-state index contributed by atoms with van der Waals surface area (Å²) in [6.07, 6.45) is 2.96. The lowest BCUT2D eigenvalue weighted by Crippen LogP contribution is -2.31. The van der Waals surface area contributed by atoms with Gasteiger partial charge in [-0.15, -0.1) is 10.2 Å². The van der Waals surface area contributed by atoms with Crippen molar-refractivity contribution >= 4 is 46.0 Å². The maximum atomic E-state index is 14.2. The Hall–Kier alpha value is -5.26. The fourth-order valence-corrected chi connectivity index (χ4v) is 6.98. The van der Waals surface area contributed by atoms with Crippen LogP contribution in [0.5, 0.6) is 11.5 Å². The SMILES string of the molecule is CCOc1cc(C2C(C(=O)/C=C/c3ccccc3)=C(O)C(=O)N2c2nnc(SCc3ccccc3F)s2)ccc1OCc1ccccc1. The van der Waals surface area contributed by atoms with Crippen LogP contribution in [0, 0.1) is 5.82 Å². The summed E-state index contributed by atoms with van der Waals surface area (Å²) in [7, 11) is 0. The number of aromatic nitrogens is 2. The van der Waals surface area contributed by atoms with Gasteiger partial charge >= 0.3 is 0 Å². The number of aliphatic hydroxyl groups is 1. The lowest BCUT2D eigenvalue weighted by molar-refractivity contribution is -0.117. The molecule has 5 aromatic rings. The second kappa shape index (κ2) is 15.1. The molecule has 0 fully saturated rings. The molecule has 48 heavy (non-hydrogen) atoms. The maximum absolute atomic E-state index is 14.2. The Labute approximate surface area is 285 Å². The first-order valence-electron chi connectivity index (χ1n) is 15.1. The van der Waals surface area contributed by atoms with E-state index < -0.39 is 23.5 Å². The van der Waals surface area contributed by atoms with Crippen LogP contribution in [-0.4, -0.2) is 33.6 Å². The molecule has 8 nitrogen and oxygen atoms in total. The first-order chi connectivity index (χ1) is 23.4. The van der Waals surface area contributed by atoms with Gasteiger partial charge < -0.3 is 14.6 Å². The van der Waals surface area contributed by atoms with Gasteiger partial charge in [0.1, 0.15) is 12.4 Å². The monoisotopic (exact) mass is 679 g/mol. The summed E-state index contributed by atoms with van der Waals surface area (Å²) < 4.78 is 26.8. The van der Waals surface area contributed by atoms with Crippen LogP contribution in [0.2, 0.25) is 0 Å². The molecule has 4 aromatic carbocycles. The minimum atomic E-state index is -1.05. The smallest absolute Gasteiger partial charge is 0.296 e. The summed E-state index contributed by atoms with van der Waals surface area (Å²) in [6, 6.07) is 29.5. The van der Waals surface area contributed by atoms with Gasteiger partial charge in [0, 0.05) is 5.75 Å². The zero-order valence-electron chi connectivity index (χ0n) is 25.8. The molecule has 242 valence electrons. The minimum Gasteiger partial charge on any atom is -0.503 e. The maximum Gasteiger partial charge on any atom is 0.296 e. The zero-order chi connectivity index (χ0) is 33.5. The Morgan fingerprint density at radius 3 is 2.44 bits per heavy atom. The zero-order valence-corrected chi connectivity index (χ0v) is 27.4. The van der Waals surface area contributed by atoms with Crippen LogP contribution in [0.1, 0.15) is 35.2 Å². The fraction of sp³-hybridized carbons (Fsp3) is 0.135. The number of thioether (sulfide) groups is 1. The van der Waals surface area contributed by atoms with Gasteiger partial charge in [0.05, 0.1) is 18.2 Å². The average Bonchev–Trinajstić information content (AvgIpc) is 3.68. The second-order valence-electron chi connectivity index (χ2n) is 10.6. The first-order valence-corrected chi connectivity index (χ1v) is 16.9. The number of carbonyl (C=O) groups is 2. The summed E-state index contributed by atoms with van der Waals surface area (Å²) in [5.74, 6) is -1.15. The van der Waals surface area contributed by atoms with Crippen molar-refractivity contribution in [3.63, 3.8) is 0 Å². The summed E-state index contributed by atoms with van der Waals surface area (Å²) in [4.78, 5) is 28.7. The lowest BCUT2D eigenvalue weighted by atomic mass is 9.95. The number of rotatable bonds is 13. The molecule has 0 saturated heterocycles. The molecular weight excluding hydrogens is 650 g/mol. The predicted molar refractivity (Wildman–Crippen MR) is 185 cm³/mol. The van der Waals surface area contributed by atoms with E-state index >= 15 is 0 Å². The minimum absolute atomic E-state index is 0.108. The van der Waals surface area contributed by atoms with Crippen molar-refractivity contribution in [1.82, 2.24) is 10.2 Å². The van der Waals surface area contributed by atoms with Crippen LogP contribution in [0.3, 0.4) is 0 Å². The number of amides is 1. The van der Waals surface area contributed by atoms with Gasteiger partial charge in [-0.25, -0.2) is 4.39 Å². The molecule has 1 aliphatic rings. The largest absolute Gasteiger partial charge is 0.503 e. The van der Waals surface area contributed by atoms with E-state index in [9.17, 15) is 19.1 Å².